The summed E-state index contributed by atoms with van der Waals surface area (Å²) in [5.74, 6) is 0.962. The van der Waals surface area contributed by atoms with Crippen molar-refractivity contribution in [1.29, 1.82) is 0 Å². The first-order valence-corrected chi connectivity index (χ1v) is 7.72. The highest BCUT2D eigenvalue weighted by Crippen LogP contribution is 2.53. The van der Waals surface area contributed by atoms with Crippen LogP contribution in [-0.4, -0.2) is 0 Å². The van der Waals surface area contributed by atoms with Gasteiger partial charge in [0.05, 0.1) is 0 Å². The van der Waals surface area contributed by atoms with Crippen molar-refractivity contribution in [3.05, 3.63) is 82.9 Å². The molecular weight excluding hydrogens is 252 g/mol. The van der Waals surface area contributed by atoms with E-state index < -0.39 is 0 Å². The largest absolute Gasteiger partial charge is 0.0758 e. The fourth-order valence-electron chi connectivity index (χ4n) is 3.99. The van der Waals surface area contributed by atoms with Gasteiger partial charge in [0, 0.05) is 11.8 Å². The minimum atomic E-state index is 0.173. The van der Waals surface area contributed by atoms with Gasteiger partial charge >= 0.3 is 0 Å². The Hall–Kier alpha value is -2.08. The summed E-state index contributed by atoms with van der Waals surface area (Å²) in [6, 6.07) is 17.6. The van der Waals surface area contributed by atoms with E-state index in [0.717, 1.165) is 0 Å². The summed E-state index contributed by atoms with van der Waals surface area (Å²) in [5, 5.41) is 0. The van der Waals surface area contributed by atoms with E-state index in [1.54, 1.807) is 0 Å². The van der Waals surface area contributed by atoms with Gasteiger partial charge in [0.25, 0.3) is 0 Å². The topological polar surface area (TPSA) is 0 Å². The number of rotatable bonds is 2. The summed E-state index contributed by atoms with van der Waals surface area (Å²) in [5.41, 5.74) is 5.88. The molecule has 0 aliphatic heterocycles. The van der Waals surface area contributed by atoms with Crippen LogP contribution in [0.25, 0.3) is 12.2 Å². The molecule has 0 nitrogen and oxygen atoms in total. The van der Waals surface area contributed by atoms with Gasteiger partial charge in [-0.1, -0.05) is 86.7 Å². The first kappa shape index (κ1) is 12.6. The van der Waals surface area contributed by atoms with E-state index in [1.165, 1.54) is 22.3 Å². The van der Waals surface area contributed by atoms with Crippen molar-refractivity contribution in [3.8, 4) is 0 Å². The zero-order chi connectivity index (χ0) is 14.4. The van der Waals surface area contributed by atoms with Gasteiger partial charge in [-0.2, -0.15) is 0 Å². The second-order valence-corrected chi connectivity index (χ2v) is 6.75. The Bertz CT molecular complexity index is 683. The molecule has 2 aromatic rings. The summed E-state index contributed by atoms with van der Waals surface area (Å²) in [6.45, 7) is 4.81. The number of allylic oxidation sites excluding steroid dienone is 2. The Morgan fingerprint density at radius 3 is 1.57 bits per heavy atom. The van der Waals surface area contributed by atoms with Gasteiger partial charge in [-0.25, -0.2) is 0 Å². The number of fused-ring (bicyclic) bond motifs is 2. The number of benzene rings is 2. The predicted octanol–water partition coefficient (Wildman–Crippen LogP) is 5.63. The molecule has 0 saturated heterocycles. The SMILES string of the molecule is CC(C)(C1C=Cc2ccccc21)[C@@H]1C=Cc2ccccc21. The Kier molecular flexibility index (Phi) is 2.68. The summed E-state index contributed by atoms with van der Waals surface area (Å²) >= 11 is 0. The van der Waals surface area contributed by atoms with Crippen LogP contribution in [-0.2, 0) is 0 Å². The van der Waals surface area contributed by atoms with Gasteiger partial charge in [0.15, 0.2) is 0 Å². The smallest absolute Gasteiger partial charge is 0.00872 e. The average molecular weight is 272 g/mol. The van der Waals surface area contributed by atoms with Gasteiger partial charge in [-0.3, -0.25) is 0 Å². The number of hydrogen-bond acceptors (Lipinski definition) is 0. The van der Waals surface area contributed by atoms with E-state index in [-0.39, 0.29) is 5.41 Å². The molecule has 4 rings (SSSR count). The van der Waals surface area contributed by atoms with Crippen molar-refractivity contribution in [2.24, 2.45) is 5.41 Å². The second kappa shape index (κ2) is 4.46. The number of hydrogen-bond donors (Lipinski definition) is 0. The fourth-order valence-corrected chi connectivity index (χ4v) is 3.99. The Labute approximate surface area is 126 Å². The molecule has 0 heteroatoms. The van der Waals surface area contributed by atoms with Crippen LogP contribution in [0.1, 0.15) is 47.9 Å². The Morgan fingerprint density at radius 1 is 0.667 bits per heavy atom. The maximum Gasteiger partial charge on any atom is 0.00872 e. The molecule has 2 aliphatic rings. The molecule has 2 aliphatic carbocycles. The predicted molar refractivity (Wildman–Crippen MR) is 90.2 cm³/mol. The molecule has 0 heterocycles. The fraction of sp³-hybridized carbons (Fsp3) is 0.238. The van der Waals surface area contributed by atoms with E-state index in [0.29, 0.717) is 11.8 Å². The van der Waals surface area contributed by atoms with Crippen LogP contribution < -0.4 is 0 Å². The minimum absolute atomic E-state index is 0.173. The van der Waals surface area contributed by atoms with Gasteiger partial charge in [0.1, 0.15) is 0 Å². The molecular formula is C21H20. The molecule has 2 aromatic carbocycles. The Balaban J connectivity index is 1.76. The highest BCUT2D eigenvalue weighted by Gasteiger charge is 2.40. The zero-order valence-electron chi connectivity index (χ0n) is 12.6. The van der Waals surface area contributed by atoms with Crippen molar-refractivity contribution < 1.29 is 0 Å². The first-order valence-electron chi connectivity index (χ1n) is 7.72. The molecule has 1 unspecified atom stereocenters. The third-order valence-corrected chi connectivity index (χ3v) is 5.20. The first-order chi connectivity index (χ1) is 10.2. The molecule has 0 fully saturated rings. The van der Waals surface area contributed by atoms with Crippen LogP contribution in [0.4, 0.5) is 0 Å². The molecule has 0 saturated carbocycles. The lowest BCUT2D eigenvalue weighted by molar-refractivity contribution is 0.292. The van der Waals surface area contributed by atoms with E-state index in [1.807, 2.05) is 0 Å². The van der Waals surface area contributed by atoms with Crippen molar-refractivity contribution in [2.45, 2.75) is 25.7 Å². The third-order valence-electron chi connectivity index (χ3n) is 5.20. The van der Waals surface area contributed by atoms with Crippen LogP contribution in [0, 0.1) is 5.41 Å². The average Bonchev–Trinajstić information content (AvgIpc) is 3.12. The van der Waals surface area contributed by atoms with Gasteiger partial charge in [-0.15, -0.1) is 0 Å². The molecule has 2 atom stereocenters. The molecule has 21 heavy (non-hydrogen) atoms. The monoisotopic (exact) mass is 272 g/mol. The molecule has 0 bridgehead atoms. The lowest BCUT2D eigenvalue weighted by atomic mass is 9.66. The van der Waals surface area contributed by atoms with Crippen molar-refractivity contribution in [1.82, 2.24) is 0 Å². The van der Waals surface area contributed by atoms with E-state index in [4.69, 9.17) is 0 Å². The lowest BCUT2D eigenvalue weighted by Crippen LogP contribution is -2.26. The van der Waals surface area contributed by atoms with Crippen molar-refractivity contribution in [3.63, 3.8) is 0 Å². The summed E-state index contributed by atoms with van der Waals surface area (Å²) < 4.78 is 0. The summed E-state index contributed by atoms with van der Waals surface area (Å²) in [4.78, 5) is 0. The summed E-state index contributed by atoms with van der Waals surface area (Å²) in [7, 11) is 0. The maximum atomic E-state index is 2.40. The van der Waals surface area contributed by atoms with Crippen LogP contribution in [0.15, 0.2) is 60.7 Å². The Morgan fingerprint density at radius 2 is 1.10 bits per heavy atom. The van der Waals surface area contributed by atoms with Crippen LogP contribution in [0.3, 0.4) is 0 Å². The normalized spacial score (nSPS) is 22.4. The highest BCUT2D eigenvalue weighted by molar-refractivity contribution is 5.66. The van der Waals surface area contributed by atoms with Gasteiger partial charge in [0.2, 0.25) is 0 Å². The highest BCUT2D eigenvalue weighted by atomic mass is 14.4. The zero-order valence-corrected chi connectivity index (χ0v) is 12.6. The molecule has 0 radical (unpaired) electrons. The standard InChI is InChI=1S/C21H20/c1-21(2,19-13-11-15-7-3-5-9-17(15)19)20-14-12-16-8-4-6-10-18(16)20/h3-14,19-20H,1-2H3/t19-,20?/m1/s1. The van der Waals surface area contributed by atoms with E-state index >= 15 is 0 Å². The van der Waals surface area contributed by atoms with Gasteiger partial charge < -0.3 is 0 Å². The second-order valence-electron chi connectivity index (χ2n) is 6.75. The quantitative estimate of drug-likeness (QED) is 0.664. The van der Waals surface area contributed by atoms with Crippen molar-refractivity contribution >= 4 is 12.2 Å². The lowest BCUT2D eigenvalue weighted by Gasteiger charge is -2.37. The van der Waals surface area contributed by atoms with Crippen LogP contribution in [0.2, 0.25) is 0 Å². The van der Waals surface area contributed by atoms with Crippen molar-refractivity contribution in [2.75, 3.05) is 0 Å². The maximum absolute atomic E-state index is 2.40. The molecule has 0 N–H and O–H groups in total. The third kappa shape index (κ3) is 1.82. The molecule has 0 aromatic heterocycles. The van der Waals surface area contributed by atoms with Gasteiger partial charge in [-0.05, 0) is 27.7 Å². The minimum Gasteiger partial charge on any atom is -0.0758 e. The molecule has 104 valence electrons. The molecule has 0 spiro atoms. The molecule has 0 amide bonds. The van der Waals surface area contributed by atoms with Crippen LogP contribution >= 0.6 is 0 Å². The van der Waals surface area contributed by atoms with E-state index in [9.17, 15) is 0 Å². The van der Waals surface area contributed by atoms with E-state index in [2.05, 4.69) is 86.7 Å². The summed E-state index contributed by atoms with van der Waals surface area (Å²) in [6.07, 6.45) is 9.34. The van der Waals surface area contributed by atoms with Crippen LogP contribution in [0.5, 0.6) is 0 Å².